The van der Waals surface area contributed by atoms with Crippen molar-refractivity contribution < 1.29 is 0 Å². The van der Waals surface area contributed by atoms with Crippen molar-refractivity contribution in [3.63, 3.8) is 0 Å². The Hall–Kier alpha value is -0.0800. The third kappa shape index (κ3) is 2.29. The van der Waals surface area contributed by atoms with E-state index >= 15 is 0 Å². The zero-order chi connectivity index (χ0) is 10.1. The first-order valence-electron chi connectivity index (χ1n) is 6.11. The lowest BCUT2D eigenvalue weighted by atomic mass is 9.81. The van der Waals surface area contributed by atoms with Gasteiger partial charge in [-0.05, 0) is 52.1 Å². The Kier molecular flexibility index (Phi) is 3.13. The van der Waals surface area contributed by atoms with Crippen LogP contribution in [0.25, 0.3) is 0 Å². The van der Waals surface area contributed by atoms with E-state index in [1.807, 2.05) is 0 Å². The molecule has 2 atom stereocenters. The van der Waals surface area contributed by atoms with Crippen molar-refractivity contribution in [3.05, 3.63) is 0 Å². The van der Waals surface area contributed by atoms with E-state index in [4.69, 9.17) is 0 Å². The number of nitrogens with zero attached hydrogens (tertiary/aromatic N) is 1. The third-order valence-corrected chi connectivity index (χ3v) is 4.05. The fourth-order valence-corrected chi connectivity index (χ4v) is 2.81. The monoisotopic (exact) mass is 196 g/mol. The van der Waals surface area contributed by atoms with Gasteiger partial charge in [-0.15, -0.1) is 0 Å². The molecule has 1 saturated heterocycles. The number of hydrogen-bond acceptors (Lipinski definition) is 2. The van der Waals surface area contributed by atoms with Gasteiger partial charge in [0.2, 0.25) is 0 Å². The topological polar surface area (TPSA) is 15.3 Å². The van der Waals surface area contributed by atoms with Crippen LogP contribution >= 0.6 is 0 Å². The Morgan fingerprint density at radius 2 is 1.79 bits per heavy atom. The van der Waals surface area contributed by atoms with Crippen LogP contribution in [0.2, 0.25) is 0 Å². The van der Waals surface area contributed by atoms with Gasteiger partial charge in [0.25, 0.3) is 0 Å². The maximum Gasteiger partial charge on any atom is 0.00966 e. The van der Waals surface area contributed by atoms with Gasteiger partial charge in [0.05, 0.1) is 0 Å². The van der Waals surface area contributed by atoms with Crippen LogP contribution in [0.3, 0.4) is 0 Å². The molecule has 0 aromatic heterocycles. The lowest BCUT2D eigenvalue weighted by Crippen LogP contribution is -2.51. The molecule has 1 saturated carbocycles. The summed E-state index contributed by atoms with van der Waals surface area (Å²) in [5.74, 6) is 0.969. The van der Waals surface area contributed by atoms with Gasteiger partial charge in [-0.25, -0.2) is 0 Å². The van der Waals surface area contributed by atoms with E-state index in [-0.39, 0.29) is 0 Å². The summed E-state index contributed by atoms with van der Waals surface area (Å²) in [5.41, 5.74) is 0. The molecule has 2 unspecified atom stereocenters. The molecule has 0 amide bonds. The van der Waals surface area contributed by atoms with Gasteiger partial charge in [0, 0.05) is 18.1 Å². The lowest BCUT2D eigenvalue weighted by Gasteiger charge is -2.41. The molecule has 2 aliphatic rings. The van der Waals surface area contributed by atoms with Gasteiger partial charge in [-0.3, -0.25) is 0 Å². The average molecular weight is 196 g/mol. The van der Waals surface area contributed by atoms with E-state index in [1.165, 1.54) is 32.2 Å². The summed E-state index contributed by atoms with van der Waals surface area (Å²) in [4.78, 5) is 2.47. The summed E-state index contributed by atoms with van der Waals surface area (Å²) in [6.07, 6.45) is 5.48. The molecule has 0 aromatic carbocycles. The molecule has 2 fully saturated rings. The van der Waals surface area contributed by atoms with Crippen molar-refractivity contribution in [3.8, 4) is 0 Å². The Morgan fingerprint density at radius 3 is 2.36 bits per heavy atom. The summed E-state index contributed by atoms with van der Waals surface area (Å²) < 4.78 is 0. The first-order valence-corrected chi connectivity index (χ1v) is 6.11. The van der Waals surface area contributed by atoms with Crippen LogP contribution in [0.5, 0.6) is 0 Å². The quantitative estimate of drug-likeness (QED) is 0.725. The molecule has 2 heteroatoms. The molecule has 0 aromatic rings. The molecular weight excluding hydrogens is 172 g/mol. The molecule has 2 rings (SSSR count). The van der Waals surface area contributed by atoms with Crippen molar-refractivity contribution in [2.45, 2.75) is 57.7 Å². The second-order valence-corrected chi connectivity index (χ2v) is 5.49. The second kappa shape index (κ2) is 4.19. The minimum absolute atomic E-state index is 0.763. The van der Waals surface area contributed by atoms with Crippen LogP contribution in [0, 0.1) is 5.92 Å². The number of rotatable bonds is 2. The first-order chi connectivity index (χ1) is 6.65. The largest absolute Gasteiger partial charge is 0.311 e. The van der Waals surface area contributed by atoms with Gasteiger partial charge < -0.3 is 10.2 Å². The van der Waals surface area contributed by atoms with Crippen molar-refractivity contribution in [2.24, 2.45) is 5.92 Å². The molecule has 0 bridgehead atoms. The summed E-state index contributed by atoms with van der Waals surface area (Å²) >= 11 is 0. The number of piperidine rings is 1. The second-order valence-electron chi connectivity index (χ2n) is 5.49. The zero-order valence-corrected chi connectivity index (χ0v) is 9.79. The smallest absolute Gasteiger partial charge is 0.00966 e. The summed E-state index contributed by atoms with van der Waals surface area (Å²) in [6.45, 7) is 5.97. The predicted octanol–water partition coefficient (Wildman–Crippen LogP) is 1.86. The highest BCUT2D eigenvalue weighted by Gasteiger charge is 2.29. The van der Waals surface area contributed by atoms with Crippen molar-refractivity contribution in [1.82, 2.24) is 10.2 Å². The Bertz CT molecular complexity index is 187. The van der Waals surface area contributed by atoms with Crippen LogP contribution in [-0.2, 0) is 0 Å². The van der Waals surface area contributed by atoms with Crippen LogP contribution in [0.15, 0.2) is 0 Å². The van der Waals surface area contributed by atoms with E-state index in [0.29, 0.717) is 0 Å². The predicted molar refractivity (Wildman–Crippen MR) is 60.4 cm³/mol. The number of hydrogen-bond donors (Lipinski definition) is 1. The van der Waals surface area contributed by atoms with Crippen molar-refractivity contribution >= 4 is 0 Å². The Morgan fingerprint density at radius 1 is 1.07 bits per heavy atom. The highest BCUT2D eigenvalue weighted by atomic mass is 15.1. The van der Waals surface area contributed by atoms with Crippen LogP contribution in [0.1, 0.15) is 39.5 Å². The lowest BCUT2D eigenvalue weighted by molar-refractivity contribution is 0.138. The van der Waals surface area contributed by atoms with Gasteiger partial charge in [-0.2, -0.15) is 0 Å². The maximum atomic E-state index is 3.81. The van der Waals surface area contributed by atoms with Gasteiger partial charge in [0.1, 0.15) is 0 Å². The molecule has 82 valence electrons. The zero-order valence-electron chi connectivity index (χ0n) is 9.79. The van der Waals surface area contributed by atoms with Crippen LogP contribution < -0.4 is 5.32 Å². The highest BCUT2D eigenvalue weighted by molar-refractivity contribution is 4.88. The van der Waals surface area contributed by atoms with E-state index < -0.39 is 0 Å². The molecule has 14 heavy (non-hydrogen) atoms. The third-order valence-electron chi connectivity index (χ3n) is 4.05. The molecule has 0 radical (unpaired) electrons. The van der Waals surface area contributed by atoms with E-state index in [2.05, 4.69) is 31.1 Å². The highest BCUT2D eigenvalue weighted by Crippen LogP contribution is 2.28. The molecule has 1 aliphatic heterocycles. The summed E-state index contributed by atoms with van der Waals surface area (Å²) in [7, 11) is 2.24. The van der Waals surface area contributed by atoms with E-state index in [1.54, 1.807) is 0 Å². The number of nitrogens with one attached hydrogen (secondary N) is 1. The molecule has 0 spiro atoms. The van der Waals surface area contributed by atoms with Crippen LogP contribution in [-0.4, -0.2) is 36.6 Å². The minimum atomic E-state index is 0.763. The normalized spacial score (nSPS) is 44.8. The standard InChI is InChI=1S/C12H24N2/c1-9-6-12(7-9)13-11-4-5-14(3)10(2)8-11/h9-13H,4-8H2,1-3H3. The van der Waals surface area contributed by atoms with E-state index in [9.17, 15) is 0 Å². The molecular formula is C12H24N2. The fourth-order valence-electron chi connectivity index (χ4n) is 2.81. The SMILES string of the molecule is CC1CC(NC2CCN(C)C(C)C2)C1. The molecule has 1 N–H and O–H groups in total. The molecule has 1 aliphatic carbocycles. The van der Waals surface area contributed by atoms with Gasteiger partial charge in [0.15, 0.2) is 0 Å². The van der Waals surface area contributed by atoms with Gasteiger partial charge in [-0.1, -0.05) is 6.92 Å². The first kappa shape index (κ1) is 10.4. The number of likely N-dealkylation sites (tertiary alicyclic amines) is 1. The Balaban J connectivity index is 1.71. The van der Waals surface area contributed by atoms with E-state index in [0.717, 1.165) is 24.0 Å². The van der Waals surface area contributed by atoms with Crippen molar-refractivity contribution in [2.75, 3.05) is 13.6 Å². The Labute approximate surface area is 88.1 Å². The maximum absolute atomic E-state index is 3.81. The average Bonchev–Trinajstić information content (AvgIpc) is 2.09. The summed E-state index contributed by atoms with van der Waals surface area (Å²) in [5, 5.41) is 3.81. The molecule has 2 nitrogen and oxygen atoms in total. The van der Waals surface area contributed by atoms with Crippen LogP contribution in [0.4, 0.5) is 0 Å². The summed E-state index contributed by atoms with van der Waals surface area (Å²) in [6, 6.07) is 2.39. The minimum Gasteiger partial charge on any atom is -0.311 e. The van der Waals surface area contributed by atoms with Gasteiger partial charge >= 0.3 is 0 Å². The molecule has 1 heterocycles. The fraction of sp³-hybridized carbons (Fsp3) is 1.00. The van der Waals surface area contributed by atoms with Crippen molar-refractivity contribution in [1.29, 1.82) is 0 Å².